The maximum atomic E-state index is 12.5. The van der Waals surface area contributed by atoms with E-state index in [9.17, 15) is 4.79 Å². The summed E-state index contributed by atoms with van der Waals surface area (Å²) in [5.74, 6) is 2.18. The molecule has 6 nitrogen and oxygen atoms in total. The number of fused-ring (bicyclic) bond motifs is 1. The average molecular weight is 329 g/mol. The number of ether oxygens (including phenoxy) is 4. The van der Waals surface area contributed by atoms with Crippen LogP contribution >= 0.6 is 0 Å². The summed E-state index contributed by atoms with van der Waals surface area (Å²) in [4.78, 5) is 12.5. The normalized spacial score (nSPS) is 13.2. The molecule has 1 atom stereocenters. The summed E-state index contributed by atoms with van der Waals surface area (Å²) in [5.41, 5.74) is 0.631. The monoisotopic (exact) mass is 329 g/mol. The first kappa shape index (κ1) is 16.0. The molecule has 0 aliphatic carbocycles. The van der Waals surface area contributed by atoms with E-state index in [1.54, 1.807) is 37.4 Å². The van der Waals surface area contributed by atoms with Crippen LogP contribution in [0.15, 0.2) is 42.5 Å². The Bertz CT molecular complexity index is 731. The predicted molar refractivity (Wildman–Crippen MR) is 88.9 cm³/mol. The van der Waals surface area contributed by atoms with Crippen molar-refractivity contribution in [3.63, 3.8) is 0 Å². The summed E-state index contributed by atoms with van der Waals surface area (Å²) in [6.07, 6.45) is -0.110. The molecule has 1 N–H and O–H groups in total. The number of carbonyl (C=O) groups is 1. The van der Waals surface area contributed by atoms with Crippen LogP contribution in [0.3, 0.4) is 0 Å². The van der Waals surface area contributed by atoms with E-state index in [0.29, 0.717) is 35.1 Å². The third-order valence-electron chi connectivity index (χ3n) is 3.64. The largest absolute Gasteiger partial charge is 0.493 e. The van der Waals surface area contributed by atoms with E-state index >= 15 is 0 Å². The summed E-state index contributed by atoms with van der Waals surface area (Å²) >= 11 is 0. The standard InChI is InChI=1S/C18H19NO5/c1-3-13(24-16-7-5-4-6-14(16)21-2)18(20)19-12-8-9-15-17(10-12)23-11-22-15/h4-10,13H,3,11H2,1-2H3,(H,19,20)/t13-/m0/s1. The fourth-order valence-electron chi connectivity index (χ4n) is 2.39. The third kappa shape index (κ3) is 3.37. The van der Waals surface area contributed by atoms with E-state index in [1.165, 1.54) is 0 Å². The molecule has 126 valence electrons. The smallest absolute Gasteiger partial charge is 0.265 e. The molecule has 3 rings (SSSR count). The zero-order valence-corrected chi connectivity index (χ0v) is 13.6. The fourth-order valence-corrected chi connectivity index (χ4v) is 2.39. The van der Waals surface area contributed by atoms with Gasteiger partial charge in [-0.25, -0.2) is 0 Å². The molecular formula is C18H19NO5. The molecule has 6 heteroatoms. The van der Waals surface area contributed by atoms with Crippen molar-refractivity contribution in [1.82, 2.24) is 0 Å². The van der Waals surface area contributed by atoms with E-state index in [4.69, 9.17) is 18.9 Å². The summed E-state index contributed by atoms with van der Waals surface area (Å²) in [6, 6.07) is 12.5. The lowest BCUT2D eigenvalue weighted by molar-refractivity contribution is -0.122. The Kier molecular flexibility index (Phi) is 4.74. The van der Waals surface area contributed by atoms with Gasteiger partial charge in [-0.3, -0.25) is 4.79 Å². The maximum Gasteiger partial charge on any atom is 0.265 e. The Hall–Kier alpha value is -2.89. The van der Waals surface area contributed by atoms with Crippen LogP contribution in [-0.4, -0.2) is 25.9 Å². The molecule has 0 aromatic heterocycles. The van der Waals surface area contributed by atoms with Gasteiger partial charge in [0, 0.05) is 11.8 Å². The van der Waals surface area contributed by atoms with Crippen molar-refractivity contribution in [2.75, 3.05) is 19.2 Å². The SMILES string of the molecule is CC[C@H](Oc1ccccc1OC)C(=O)Nc1ccc2c(c1)OCO2. The number of para-hydroxylation sites is 2. The number of benzene rings is 2. The summed E-state index contributed by atoms with van der Waals surface area (Å²) < 4.78 is 21.6. The van der Waals surface area contributed by atoms with Gasteiger partial charge in [0.25, 0.3) is 5.91 Å². The van der Waals surface area contributed by atoms with E-state index in [-0.39, 0.29) is 12.7 Å². The van der Waals surface area contributed by atoms with E-state index in [0.717, 1.165) is 0 Å². The van der Waals surface area contributed by atoms with Crippen LogP contribution in [0.25, 0.3) is 0 Å². The number of methoxy groups -OCH3 is 1. The Morgan fingerprint density at radius 3 is 2.67 bits per heavy atom. The first-order valence-corrected chi connectivity index (χ1v) is 7.71. The Balaban J connectivity index is 1.70. The molecule has 1 aliphatic heterocycles. The van der Waals surface area contributed by atoms with Crippen molar-refractivity contribution in [2.45, 2.75) is 19.4 Å². The molecule has 0 fully saturated rings. The molecule has 2 aromatic carbocycles. The van der Waals surface area contributed by atoms with Gasteiger partial charge in [0.05, 0.1) is 7.11 Å². The van der Waals surface area contributed by atoms with Crippen molar-refractivity contribution in [3.05, 3.63) is 42.5 Å². The van der Waals surface area contributed by atoms with Crippen molar-refractivity contribution < 1.29 is 23.7 Å². The van der Waals surface area contributed by atoms with Gasteiger partial charge >= 0.3 is 0 Å². The van der Waals surface area contributed by atoms with E-state index in [1.807, 2.05) is 19.1 Å². The quantitative estimate of drug-likeness (QED) is 0.881. The zero-order chi connectivity index (χ0) is 16.9. The molecule has 0 unspecified atom stereocenters. The lowest BCUT2D eigenvalue weighted by atomic mass is 10.2. The Labute approximate surface area is 140 Å². The molecule has 0 radical (unpaired) electrons. The van der Waals surface area contributed by atoms with Crippen LogP contribution in [0.5, 0.6) is 23.0 Å². The number of hydrogen-bond acceptors (Lipinski definition) is 5. The van der Waals surface area contributed by atoms with Gasteiger partial charge in [0.15, 0.2) is 29.1 Å². The number of amides is 1. The molecule has 0 saturated carbocycles. The highest BCUT2D eigenvalue weighted by molar-refractivity contribution is 5.94. The minimum atomic E-state index is -0.633. The Morgan fingerprint density at radius 2 is 1.92 bits per heavy atom. The highest BCUT2D eigenvalue weighted by atomic mass is 16.7. The van der Waals surface area contributed by atoms with Crippen LogP contribution in [0, 0.1) is 0 Å². The van der Waals surface area contributed by atoms with Gasteiger partial charge in [-0.2, -0.15) is 0 Å². The molecule has 1 aliphatic rings. The number of carbonyl (C=O) groups excluding carboxylic acids is 1. The number of hydrogen-bond donors (Lipinski definition) is 1. The summed E-state index contributed by atoms with van der Waals surface area (Å²) in [5, 5.41) is 2.84. The molecule has 0 spiro atoms. The number of anilines is 1. The number of nitrogens with one attached hydrogen (secondary N) is 1. The number of rotatable bonds is 6. The second-order valence-corrected chi connectivity index (χ2v) is 5.22. The van der Waals surface area contributed by atoms with E-state index < -0.39 is 6.10 Å². The molecule has 1 heterocycles. The molecule has 24 heavy (non-hydrogen) atoms. The van der Waals surface area contributed by atoms with Crippen molar-refractivity contribution in [2.24, 2.45) is 0 Å². The highest BCUT2D eigenvalue weighted by Crippen LogP contribution is 2.34. The molecule has 0 saturated heterocycles. The van der Waals surface area contributed by atoms with Gasteiger partial charge in [0.2, 0.25) is 6.79 Å². The Morgan fingerprint density at radius 1 is 1.17 bits per heavy atom. The van der Waals surface area contributed by atoms with Gasteiger partial charge in [-0.1, -0.05) is 19.1 Å². The second kappa shape index (κ2) is 7.12. The van der Waals surface area contributed by atoms with Crippen LogP contribution in [0.4, 0.5) is 5.69 Å². The van der Waals surface area contributed by atoms with Gasteiger partial charge < -0.3 is 24.3 Å². The molecular weight excluding hydrogens is 310 g/mol. The van der Waals surface area contributed by atoms with Crippen molar-refractivity contribution >= 4 is 11.6 Å². The van der Waals surface area contributed by atoms with Crippen LogP contribution in [-0.2, 0) is 4.79 Å². The summed E-state index contributed by atoms with van der Waals surface area (Å²) in [7, 11) is 1.57. The van der Waals surface area contributed by atoms with Gasteiger partial charge in [-0.05, 0) is 30.7 Å². The average Bonchev–Trinajstić information content (AvgIpc) is 3.07. The topological polar surface area (TPSA) is 66.0 Å². The second-order valence-electron chi connectivity index (χ2n) is 5.22. The van der Waals surface area contributed by atoms with Crippen molar-refractivity contribution in [1.29, 1.82) is 0 Å². The highest BCUT2D eigenvalue weighted by Gasteiger charge is 2.21. The lowest BCUT2D eigenvalue weighted by Crippen LogP contribution is -2.32. The fraction of sp³-hybridized carbons (Fsp3) is 0.278. The van der Waals surface area contributed by atoms with Crippen LogP contribution < -0.4 is 24.3 Å². The van der Waals surface area contributed by atoms with Gasteiger partial charge in [-0.15, -0.1) is 0 Å². The molecule has 2 aromatic rings. The lowest BCUT2D eigenvalue weighted by Gasteiger charge is -2.19. The third-order valence-corrected chi connectivity index (χ3v) is 3.64. The van der Waals surface area contributed by atoms with Crippen molar-refractivity contribution in [3.8, 4) is 23.0 Å². The summed E-state index contributed by atoms with van der Waals surface area (Å²) in [6.45, 7) is 2.08. The first-order valence-electron chi connectivity index (χ1n) is 7.71. The van der Waals surface area contributed by atoms with E-state index in [2.05, 4.69) is 5.32 Å². The van der Waals surface area contributed by atoms with Crippen LogP contribution in [0.1, 0.15) is 13.3 Å². The molecule has 0 bridgehead atoms. The molecule has 1 amide bonds. The minimum absolute atomic E-state index is 0.196. The zero-order valence-electron chi connectivity index (χ0n) is 13.6. The van der Waals surface area contributed by atoms with Crippen LogP contribution in [0.2, 0.25) is 0 Å². The minimum Gasteiger partial charge on any atom is -0.493 e. The maximum absolute atomic E-state index is 12.5. The van der Waals surface area contributed by atoms with Gasteiger partial charge in [0.1, 0.15) is 0 Å². The first-order chi connectivity index (χ1) is 11.7. The predicted octanol–water partition coefficient (Wildman–Crippen LogP) is 3.22.